The maximum Gasteiger partial charge on any atom is 0.225 e. The molecule has 1 N–H and O–H groups in total. The first-order valence-corrected chi connectivity index (χ1v) is 8.94. The van der Waals surface area contributed by atoms with E-state index < -0.39 is 0 Å². The highest BCUT2D eigenvalue weighted by atomic mass is 35.5. The van der Waals surface area contributed by atoms with E-state index in [0.29, 0.717) is 11.4 Å². The van der Waals surface area contributed by atoms with E-state index in [1.165, 1.54) is 0 Å². The topological polar surface area (TPSA) is 48.5 Å². The largest absolute Gasteiger partial charge is 0.354 e. The minimum Gasteiger partial charge on any atom is -0.354 e. The number of hydrogen-bond donors (Lipinski definition) is 1. The molecule has 1 aromatic heterocycles. The number of hydrogen-bond acceptors (Lipinski definition) is 4. The minimum absolute atomic E-state index is 0.0255. The minimum atomic E-state index is 0.0255. The van der Waals surface area contributed by atoms with Crippen molar-refractivity contribution in [3.8, 4) is 0 Å². The third kappa shape index (κ3) is 4.71. The Labute approximate surface area is 153 Å². The Bertz CT molecular complexity index is 715. The van der Waals surface area contributed by atoms with Crippen molar-refractivity contribution in [3.63, 3.8) is 0 Å². The predicted molar refractivity (Wildman–Crippen MR) is 102 cm³/mol. The van der Waals surface area contributed by atoms with Crippen molar-refractivity contribution in [1.82, 2.24) is 9.88 Å². The monoisotopic (exact) mass is 358 g/mol. The number of halogens is 1. The van der Waals surface area contributed by atoms with Crippen LogP contribution in [-0.2, 0) is 4.79 Å². The molecular weight excluding hydrogens is 336 g/mol. The fraction of sp³-hybridized carbons (Fsp3) is 0.368. The van der Waals surface area contributed by atoms with Crippen molar-refractivity contribution >= 4 is 29.0 Å². The molecule has 1 saturated heterocycles. The number of anilines is 2. The molecule has 2 aromatic rings. The Kier molecular flexibility index (Phi) is 5.89. The van der Waals surface area contributed by atoms with Gasteiger partial charge in [0.2, 0.25) is 5.91 Å². The molecule has 0 unspecified atom stereocenters. The van der Waals surface area contributed by atoms with Crippen LogP contribution in [0.3, 0.4) is 0 Å². The van der Waals surface area contributed by atoms with E-state index in [1.54, 1.807) is 0 Å². The number of nitrogens with one attached hydrogen (secondary N) is 1. The fourth-order valence-corrected chi connectivity index (χ4v) is 3.13. The molecule has 5 nitrogen and oxygen atoms in total. The maximum atomic E-state index is 12.2. The van der Waals surface area contributed by atoms with Gasteiger partial charge < -0.3 is 10.2 Å². The lowest BCUT2D eigenvalue weighted by Gasteiger charge is -2.35. The summed E-state index contributed by atoms with van der Waals surface area (Å²) in [5.41, 5.74) is 1.69. The standard InChI is InChI=1S/C19H23ClN4O/c1-15-16(20)5-4-6-17(15)22-19(25)8-10-23-11-13-24(14-12-23)18-7-2-3-9-21-18/h2-7,9H,8,10-14H2,1H3,(H,22,25). The van der Waals surface area contributed by atoms with Gasteiger partial charge in [-0.25, -0.2) is 4.98 Å². The van der Waals surface area contributed by atoms with Gasteiger partial charge in [0.15, 0.2) is 0 Å². The molecule has 0 aliphatic carbocycles. The molecule has 0 saturated carbocycles. The van der Waals surface area contributed by atoms with Crippen LogP contribution in [0.4, 0.5) is 11.5 Å². The second kappa shape index (κ2) is 8.32. The van der Waals surface area contributed by atoms with E-state index in [1.807, 2.05) is 49.5 Å². The average Bonchev–Trinajstić information content (AvgIpc) is 2.65. The van der Waals surface area contributed by atoms with Gasteiger partial charge in [0.05, 0.1) is 0 Å². The lowest BCUT2D eigenvalue weighted by molar-refractivity contribution is -0.116. The van der Waals surface area contributed by atoms with Gasteiger partial charge in [-0.2, -0.15) is 0 Å². The van der Waals surface area contributed by atoms with Crippen molar-refractivity contribution in [1.29, 1.82) is 0 Å². The molecule has 0 spiro atoms. The zero-order valence-corrected chi connectivity index (χ0v) is 15.2. The van der Waals surface area contributed by atoms with Crippen LogP contribution < -0.4 is 10.2 Å². The smallest absolute Gasteiger partial charge is 0.225 e. The molecule has 1 aliphatic heterocycles. The summed E-state index contributed by atoms with van der Waals surface area (Å²) < 4.78 is 0. The van der Waals surface area contributed by atoms with Crippen molar-refractivity contribution in [2.75, 3.05) is 42.9 Å². The SMILES string of the molecule is Cc1c(Cl)cccc1NC(=O)CCN1CCN(c2ccccn2)CC1. The first-order chi connectivity index (χ1) is 12.1. The third-order valence-electron chi connectivity index (χ3n) is 4.54. The zero-order valence-electron chi connectivity index (χ0n) is 14.4. The van der Waals surface area contributed by atoms with Gasteiger partial charge in [0, 0.05) is 56.1 Å². The summed E-state index contributed by atoms with van der Waals surface area (Å²) in [6, 6.07) is 11.5. The number of rotatable bonds is 5. The second-order valence-electron chi connectivity index (χ2n) is 6.23. The summed E-state index contributed by atoms with van der Waals surface area (Å²) in [5.74, 6) is 1.05. The number of aromatic nitrogens is 1. The number of amides is 1. The quantitative estimate of drug-likeness (QED) is 0.891. The van der Waals surface area contributed by atoms with Crippen LogP contribution in [0.1, 0.15) is 12.0 Å². The Hall–Kier alpha value is -2.11. The van der Waals surface area contributed by atoms with Gasteiger partial charge in [-0.3, -0.25) is 9.69 Å². The molecule has 132 valence electrons. The number of carbonyl (C=O) groups excluding carboxylic acids is 1. The molecule has 25 heavy (non-hydrogen) atoms. The van der Waals surface area contributed by atoms with Gasteiger partial charge in [-0.1, -0.05) is 23.7 Å². The molecule has 0 bridgehead atoms. The van der Waals surface area contributed by atoms with Gasteiger partial charge in [0.1, 0.15) is 5.82 Å². The van der Waals surface area contributed by atoms with E-state index in [0.717, 1.165) is 49.8 Å². The molecule has 6 heteroatoms. The van der Waals surface area contributed by atoms with Crippen LogP contribution in [0.25, 0.3) is 0 Å². The van der Waals surface area contributed by atoms with Crippen molar-refractivity contribution in [2.45, 2.75) is 13.3 Å². The highest BCUT2D eigenvalue weighted by molar-refractivity contribution is 6.31. The van der Waals surface area contributed by atoms with Gasteiger partial charge in [-0.05, 0) is 36.8 Å². The normalized spacial score (nSPS) is 15.2. The number of nitrogens with zero attached hydrogens (tertiary/aromatic N) is 3. The van der Waals surface area contributed by atoms with Crippen LogP contribution in [0, 0.1) is 6.92 Å². The predicted octanol–water partition coefficient (Wildman–Crippen LogP) is 3.19. The van der Waals surface area contributed by atoms with Crippen LogP contribution in [0.15, 0.2) is 42.6 Å². The molecule has 1 aromatic carbocycles. The summed E-state index contributed by atoms with van der Waals surface area (Å²) in [7, 11) is 0. The van der Waals surface area contributed by atoms with E-state index in [9.17, 15) is 4.79 Å². The van der Waals surface area contributed by atoms with Crippen LogP contribution in [-0.4, -0.2) is 48.5 Å². The van der Waals surface area contributed by atoms with Crippen molar-refractivity contribution in [2.24, 2.45) is 0 Å². The van der Waals surface area contributed by atoms with Gasteiger partial charge in [0.25, 0.3) is 0 Å². The fourth-order valence-electron chi connectivity index (χ4n) is 2.96. The summed E-state index contributed by atoms with van der Waals surface area (Å²) in [6.07, 6.45) is 2.30. The summed E-state index contributed by atoms with van der Waals surface area (Å²) in [6.45, 7) is 6.44. The first kappa shape index (κ1) is 17.7. The summed E-state index contributed by atoms with van der Waals surface area (Å²) in [4.78, 5) is 21.2. The molecular formula is C19H23ClN4O. The lowest BCUT2D eigenvalue weighted by atomic mass is 10.2. The number of piperazine rings is 1. The summed E-state index contributed by atoms with van der Waals surface area (Å²) >= 11 is 6.09. The third-order valence-corrected chi connectivity index (χ3v) is 4.95. The van der Waals surface area contributed by atoms with Crippen LogP contribution in [0.5, 0.6) is 0 Å². The average molecular weight is 359 g/mol. The van der Waals surface area contributed by atoms with E-state index in [2.05, 4.69) is 20.1 Å². The van der Waals surface area contributed by atoms with Crippen molar-refractivity contribution < 1.29 is 4.79 Å². The Morgan fingerprint density at radius 1 is 1.16 bits per heavy atom. The molecule has 0 atom stereocenters. The molecule has 0 radical (unpaired) electrons. The lowest BCUT2D eigenvalue weighted by Crippen LogP contribution is -2.47. The maximum absolute atomic E-state index is 12.2. The number of pyridine rings is 1. The molecule has 3 rings (SSSR count). The van der Waals surface area contributed by atoms with Gasteiger partial charge in [-0.15, -0.1) is 0 Å². The molecule has 2 heterocycles. The van der Waals surface area contributed by atoms with Crippen LogP contribution >= 0.6 is 11.6 Å². The van der Waals surface area contributed by atoms with Crippen molar-refractivity contribution in [3.05, 3.63) is 53.2 Å². The van der Waals surface area contributed by atoms with Gasteiger partial charge >= 0.3 is 0 Å². The second-order valence-corrected chi connectivity index (χ2v) is 6.63. The highest BCUT2D eigenvalue weighted by Gasteiger charge is 2.18. The number of benzene rings is 1. The summed E-state index contributed by atoms with van der Waals surface area (Å²) in [5, 5.41) is 3.62. The van der Waals surface area contributed by atoms with E-state index in [4.69, 9.17) is 11.6 Å². The Balaban J connectivity index is 1.44. The zero-order chi connectivity index (χ0) is 17.6. The van der Waals surface area contributed by atoms with E-state index in [-0.39, 0.29) is 5.91 Å². The van der Waals surface area contributed by atoms with Crippen LogP contribution in [0.2, 0.25) is 5.02 Å². The molecule has 1 fully saturated rings. The Morgan fingerprint density at radius 3 is 2.68 bits per heavy atom. The number of carbonyl (C=O) groups is 1. The van der Waals surface area contributed by atoms with E-state index >= 15 is 0 Å². The molecule has 1 aliphatic rings. The molecule has 1 amide bonds. The first-order valence-electron chi connectivity index (χ1n) is 8.57. The Morgan fingerprint density at radius 2 is 1.96 bits per heavy atom. The highest BCUT2D eigenvalue weighted by Crippen LogP contribution is 2.23.